The van der Waals surface area contributed by atoms with Crippen molar-refractivity contribution in [3.8, 4) is 11.5 Å². The van der Waals surface area contributed by atoms with Gasteiger partial charge in [0.2, 0.25) is 0 Å². The van der Waals surface area contributed by atoms with Crippen molar-refractivity contribution in [1.82, 2.24) is 0 Å². The summed E-state index contributed by atoms with van der Waals surface area (Å²) in [7, 11) is 3.31. The Morgan fingerprint density at radius 3 is 2.42 bits per heavy atom. The van der Waals surface area contributed by atoms with Crippen molar-refractivity contribution in [2.75, 3.05) is 14.2 Å². The van der Waals surface area contributed by atoms with Crippen LogP contribution in [-0.4, -0.2) is 14.2 Å². The number of nitrogens with two attached hydrogens (primary N) is 1. The van der Waals surface area contributed by atoms with Crippen LogP contribution in [0.15, 0.2) is 18.2 Å². The zero-order valence-corrected chi connectivity index (χ0v) is 12.0. The normalized spacial score (nSPS) is 18.1. The predicted molar refractivity (Wildman–Crippen MR) is 77.7 cm³/mol. The van der Waals surface area contributed by atoms with Gasteiger partial charge in [0.1, 0.15) is 0 Å². The Labute approximate surface area is 116 Å². The van der Waals surface area contributed by atoms with Gasteiger partial charge in [0.25, 0.3) is 0 Å². The van der Waals surface area contributed by atoms with E-state index >= 15 is 0 Å². The van der Waals surface area contributed by atoms with Crippen LogP contribution in [0.2, 0.25) is 0 Å². The molecule has 0 heterocycles. The number of hydrogen-bond donors (Lipinski definition) is 1. The monoisotopic (exact) mass is 263 g/mol. The molecule has 0 bridgehead atoms. The molecule has 3 heteroatoms. The summed E-state index contributed by atoms with van der Waals surface area (Å²) in [5, 5.41) is 0. The first-order valence-electron chi connectivity index (χ1n) is 7.22. The second kappa shape index (κ2) is 6.80. The van der Waals surface area contributed by atoms with E-state index in [2.05, 4.69) is 6.07 Å². The van der Waals surface area contributed by atoms with Crippen molar-refractivity contribution >= 4 is 0 Å². The molecule has 0 aromatic heterocycles. The minimum atomic E-state index is 0.0999. The highest BCUT2D eigenvalue weighted by Gasteiger charge is 2.18. The Bertz CT molecular complexity index is 400. The predicted octanol–water partition coefficient (Wildman–Crippen LogP) is 3.67. The summed E-state index contributed by atoms with van der Waals surface area (Å²) < 4.78 is 10.6. The summed E-state index contributed by atoms with van der Waals surface area (Å²) >= 11 is 0. The fourth-order valence-electron chi connectivity index (χ4n) is 3.00. The third-order valence-corrected chi connectivity index (χ3v) is 4.15. The molecule has 2 N–H and O–H groups in total. The highest BCUT2D eigenvalue weighted by Crippen LogP contribution is 2.34. The molecule has 3 nitrogen and oxygen atoms in total. The summed E-state index contributed by atoms with van der Waals surface area (Å²) in [5.74, 6) is 2.31. The number of hydrogen-bond acceptors (Lipinski definition) is 3. The Kier molecular flexibility index (Phi) is 5.08. The zero-order valence-electron chi connectivity index (χ0n) is 12.0. The Balaban J connectivity index is 2.03. The average molecular weight is 263 g/mol. The van der Waals surface area contributed by atoms with Gasteiger partial charge in [-0.3, -0.25) is 0 Å². The van der Waals surface area contributed by atoms with Crippen LogP contribution >= 0.6 is 0 Å². The van der Waals surface area contributed by atoms with E-state index in [9.17, 15) is 0 Å². The minimum absolute atomic E-state index is 0.0999. The third-order valence-electron chi connectivity index (χ3n) is 4.15. The van der Waals surface area contributed by atoms with Crippen molar-refractivity contribution in [2.45, 2.75) is 44.6 Å². The lowest BCUT2D eigenvalue weighted by Gasteiger charge is -2.25. The van der Waals surface area contributed by atoms with Crippen LogP contribution in [0.3, 0.4) is 0 Å². The van der Waals surface area contributed by atoms with Crippen molar-refractivity contribution in [3.63, 3.8) is 0 Å². The minimum Gasteiger partial charge on any atom is -0.493 e. The molecule has 0 spiro atoms. The van der Waals surface area contributed by atoms with Crippen molar-refractivity contribution in [3.05, 3.63) is 23.8 Å². The lowest BCUT2D eigenvalue weighted by atomic mass is 9.83. The maximum absolute atomic E-state index is 6.34. The molecule has 1 unspecified atom stereocenters. The van der Waals surface area contributed by atoms with E-state index in [1.165, 1.54) is 32.1 Å². The SMILES string of the molecule is COc1ccc(C(N)CC2CCCCC2)cc1OC. The standard InChI is InChI=1S/C16H25NO2/c1-18-15-9-8-13(11-16(15)19-2)14(17)10-12-6-4-3-5-7-12/h8-9,11-12,14H,3-7,10,17H2,1-2H3. The molecular weight excluding hydrogens is 238 g/mol. The summed E-state index contributed by atoms with van der Waals surface area (Å²) in [5.41, 5.74) is 7.49. The van der Waals surface area contributed by atoms with Gasteiger partial charge in [-0.1, -0.05) is 38.2 Å². The van der Waals surface area contributed by atoms with Crippen LogP contribution in [0.4, 0.5) is 0 Å². The maximum atomic E-state index is 6.34. The smallest absolute Gasteiger partial charge is 0.161 e. The Morgan fingerprint density at radius 1 is 1.11 bits per heavy atom. The molecule has 0 aliphatic heterocycles. The number of methoxy groups -OCH3 is 2. The molecule has 2 rings (SSSR count). The van der Waals surface area contributed by atoms with Crippen LogP contribution in [-0.2, 0) is 0 Å². The number of benzene rings is 1. The van der Waals surface area contributed by atoms with Crippen molar-refractivity contribution in [2.24, 2.45) is 11.7 Å². The second-order valence-corrected chi connectivity index (χ2v) is 5.46. The van der Waals surface area contributed by atoms with Gasteiger partial charge in [-0.25, -0.2) is 0 Å². The van der Waals surface area contributed by atoms with Gasteiger partial charge in [-0.05, 0) is 30.0 Å². The van der Waals surface area contributed by atoms with Gasteiger partial charge < -0.3 is 15.2 Å². The van der Waals surface area contributed by atoms with Crippen LogP contribution in [0, 0.1) is 5.92 Å². The molecule has 0 saturated heterocycles. The first-order chi connectivity index (χ1) is 9.24. The van der Waals surface area contributed by atoms with Crippen molar-refractivity contribution in [1.29, 1.82) is 0 Å². The molecule has 1 aromatic rings. The van der Waals surface area contributed by atoms with Crippen LogP contribution in [0.1, 0.15) is 50.1 Å². The van der Waals surface area contributed by atoms with E-state index in [0.717, 1.165) is 29.4 Å². The summed E-state index contributed by atoms with van der Waals surface area (Å²) in [6.45, 7) is 0. The lowest BCUT2D eigenvalue weighted by Crippen LogP contribution is -2.17. The maximum Gasteiger partial charge on any atom is 0.161 e. The Morgan fingerprint density at radius 2 is 1.79 bits per heavy atom. The lowest BCUT2D eigenvalue weighted by molar-refractivity contribution is 0.318. The fourth-order valence-corrected chi connectivity index (χ4v) is 3.00. The van der Waals surface area contributed by atoms with Crippen LogP contribution in [0.25, 0.3) is 0 Å². The molecule has 19 heavy (non-hydrogen) atoms. The zero-order chi connectivity index (χ0) is 13.7. The molecule has 1 aliphatic carbocycles. The molecule has 1 aromatic carbocycles. The molecule has 106 valence electrons. The molecule has 1 fully saturated rings. The van der Waals surface area contributed by atoms with E-state index < -0.39 is 0 Å². The first kappa shape index (κ1) is 14.2. The summed E-state index contributed by atoms with van der Waals surface area (Å²) in [6.07, 6.45) is 7.87. The van der Waals surface area contributed by atoms with Gasteiger partial charge in [0.15, 0.2) is 11.5 Å². The number of ether oxygens (including phenoxy) is 2. The highest BCUT2D eigenvalue weighted by molar-refractivity contribution is 5.43. The van der Waals surface area contributed by atoms with Crippen LogP contribution in [0.5, 0.6) is 11.5 Å². The largest absolute Gasteiger partial charge is 0.493 e. The van der Waals surface area contributed by atoms with Crippen molar-refractivity contribution < 1.29 is 9.47 Å². The van der Waals surface area contributed by atoms with E-state index in [4.69, 9.17) is 15.2 Å². The van der Waals surface area contributed by atoms with E-state index in [1.807, 2.05) is 12.1 Å². The Hall–Kier alpha value is -1.22. The van der Waals surface area contributed by atoms with Gasteiger partial charge in [-0.2, -0.15) is 0 Å². The molecule has 0 amide bonds. The van der Waals surface area contributed by atoms with E-state index in [1.54, 1.807) is 14.2 Å². The van der Waals surface area contributed by atoms with Crippen LogP contribution < -0.4 is 15.2 Å². The molecular formula is C16H25NO2. The van der Waals surface area contributed by atoms with E-state index in [0.29, 0.717) is 0 Å². The van der Waals surface area contributed by atoms with E-state index in [-0.39, 0.29) is 6.04 Å². The van der Waals surface area contributed by atoms with Gasteiger partial charge >= 0.3 is 0 Å². The summed E-state index contributed by atoms with van der Waals surface area (Å²) in [4.78, 5) is 0. The van der Waals surface area contributed by atoms with Gasteiger partial charge in [-0.15, -0.1) is 0 Å². The summed E-state index contributed by atoms with van der Waals surface area (Å²) in [6, 6.07) is 6.10. The second-order valence-electron chi connectivity index (χ2n) is 5.46. The first-order valence-corrected chi connectivity index (χ1v) is 7.22. The molecule has 0 radical (unpaired) electrons. The quantitative estimate of drug-likeness (QED) is 0.881. The third kappa shape index (κ3) is 3.63. The van der Waals surface area contributed by atoms with Gasteiger partial charge in [0, 0.05) is 6.04 Å². The molecule has 1 saturated carbocycles. The highest BCUT2D eigenvalue weighted by atomic mass is 16.5. The average Bonchev–Trinajstić information content (AvgIpc) is 2.47. The number of rotatable bonds is 5. The molecule has 1 aliphatic rings. The van der Waals surface area contributed by atoms with Gasteiger partial charge in [0.05, 0.1) is 14.2 Å². The topological polar surface area (TPSA) is 44.5 Å². The molecule has 1 atom stereocenters. The fraction of sp³-hybridized carbons (Fsp3) is 0.625.